The molecule has 32 heavy (non-hydrogen) atoms. The van der Waals surface area contributed by atoms with E-state index in [0.717, 1.165) is 62.0 Å². The normalized spacial score (nSPS) is 16.4. The number of fused-ring (bicyclic) bond motifs is 1. The van der Waals surface area contributed by atoms with Crippen molar-refractivity contribution in [2.45, 2.75) is 52.7 Å². The Kier molecular flexibility index (Phi) is 8.77. The molecule has 0 spiro atoms. The lowest BCUT2D eigenvalue weighted by atomic mass is 9.87. The molecule has 1 N–H and O–H groups in total. The molecule has 3 aromatic rings. The molecule has 5 nitrogen and oxygen atoms in total. The van der Waals surface area contributed by atoms with Crippen LogP contribution in [-0.2, 0) is 16.9 Å². The average molecular weight is 459 g/mol. The highest BCUT2D eigenvalue weighted by molar-refractivity contribution is 7.18. The molecule has 3 heterocycles. The Hall–Kier alpha value is -1.86. The summed E-state index contributed by atoms with van der Waals surface area (Å²) in [4.78, 5) is 4.73. The second-order valence-corrected chi connectivity index (χ2v) is 9.13. The van der Waals surface area contributed by atoms with E-state index < -0.39 is 5.60 Å². The largest absolute Gasteiger partial charge is 0.497 e. The summed E-state index contributed by atoms with van der Waals surface area (Å²) >= 11 is 1.72. The van der Waals surface area contributed by atoms with Crippen molar-refractivity contribution < 1.29 is 14.6 Å². The molecule has 1 saturated heterocycles. The molecule has 1 aromatic carbocycles. The van der Waals surface area contributed by atoms with Gasteiger partial charge in [-0.25, -0.2) is 0 Å². The van der Waals surface area contributed by atoms with E-state index in [0.29, 0.717) is 6.42 Å². The van der Waals surface area contributed by atoms with Crippen LogP contribution in [0, 0.1) is 6.92 Å². The summed E-state index contributed by atoms with van der Waals surface area (Å²) in [7, 11) is 1.66. The van der Waals surface area contributed by atoms with Gasteiger partial charge < -0.3 is 19.1 Å². The lowest BCUT2D eigenvalue weighted by Gasteiger charge is -2.28. The van der Waals surface area contributed by atoms with Crippen LogP contribution in [0.2, 0.25) is 0 Å². The van der Waals surface area contributed by atoms with Gasteiger partial charge in [0, 0.05) is 42.1 Å². The van der Waals surface area contributed by atoms with E-state index in [-0.39, 0.29) is 0 Å². The zero-order chi connectivity index (χ0) is 23.1. The van der Waals surface area contributed by atoms with Gasteiger partial charge in [0.2, 0.25) is 0 Å². The summed E-state index contributed by atoms with van der Waals surface area (Å²) in [5.74, 6) is 0.805. The highest BCUT2D eigenvalue weighted by atomic mass is 32.1. The quantitative estimate of drug-likeness (QED) is 0.490. The molecule has 0 amide bonds. The Labute approximate surface area is 196 Å². The van der Waals surface area contributed by atoms with E-state index in [2.05, 4.69) is 35.4 Å². The molecule has 176 valence electrons. The molecule has 6 heteroatoms. The van der Waals surface area contributed by atoms with Gasteiger partial charge in [-0.3, -0.25) is 4.90 Å². The molecule has 1 fully saturated rings. The van der Waals surface area contributed by atoms with Crippen LogP contribution >= 0.6 is 11.3 Å². The van der Waals surface area contributed by atoms with Gasteiger partial charge in [-0.05, 0) is 43.2 Å². The van der Waals surface area contributed by atoms with Crippen molar-refractivity contribution in [2.75, 3.05) is 40.0 Å². The van der Waals surface area contributed by atoms with Gasteiger partial charge in [-0.15, -0.1) is 11.3 Å². The van der Waals surface area contributed by atoms with Crippen molar-refractivity contribution in [1.29, 1.82) is 0 Å². The number of methoxy groups -OCH3 is 1. The summed E-state index contributed by atoms with van der Waals surface area (Å²) in [5, 5.41) is 13.0. The minimum absolute atomic E-state index is 0.690. The zero-order valence-electron chi connectivity index (χ0n) is 20.2. The molecule has 4 rings (SSSR count). The molecule has 0 bridgehead atoms. The van der Waals surface area contributed by atoms with E-state index in [1.54, 1.807) is 18.4 Å². The van der Waals surface area contributed by atoms with Crippen molar-refractivity contribution >= 4 is 21.6 Å². The van der Waals surface area contributed by atoms with E-state index in [9.17, 15) is 5.11 Å². The number of ether oxygens (including phenoxy) is 2. The summed E-state index contributed by atoms with van der Waals surface area (Å²) in [6.45, 7) is 14.0. The van der Waals surface area contributed by atoms with Crippen molar-refractivity contribution in [3.8, 4) is 5.75 Å². The first kappa shape index (κ1) is 24.8. The first-order valence-corrected chi connectivity index (χ1v) is 12.6. The molecular formula is C26H38N2O3S. The molecule has 1 atom stereocenters. The van der Waals surface area contributed by atoms with Gasteiger partial charge in [-0.2, -0.15) is 0 Å². The van der Waals surface area contributed by atoms with Gasteiger partial charge in [0.15, 0.2) is 0 Å². The van der Waals surface area contributed by atoms with Crippen LogP contribution in [0.5, 0.6) is 5.75 Å². The van der Waals surface area contributed by atoms with Crippen LogP contribution in [0.25, 0.3) is 10.2 Å². The Bertz CT molecular complexity index is 973. The maximum Gasteiger partial charge on any atom is 0.124 e. The summed E-state index contributed by atoms with van der Waals surface area (Å²) in [5.41, 5.74) is 1.22. The van der Waals surface area contributed by atoms with E-state index in [4.69, 9.17) is 9.47 Å². The van der Waals surface area contributed by atoms with E-state index in [1.807, 2.05) is 38.1 Å². The number of morpholine rings is 1. The lowest BCUT2D eigenvalue weighted by Crippen LogP contribution is -2.38. The maximum atomic E-state index is 11.8. The number of aryl methyl sites for hydroxylation is 1. The maximum absolute atomic E-state index is 11.8. The zero-order valence-corrected chi connectivity index (χ0v) is 21.0. The summed E-state index contributed by atoms with van der Waals surface area (Å²) in [6.07, 6.45) is 1.59. The Balaban J connectivity index is 0.00000141. The minimum Gasteiger partial charge on any atom is -0.497 e. The number of benzene rings is 1. The topological polar surface area (TPSA) is 46.9 Å². The number of hydrogen-bond acceptors (Lipinski definition) is 5. The molecule has 1 aliphatic rings. The molecule has 1 unspecified atom stereocenters. The second kappa shape index (κ2) is 11.3. The monoisotopic (exact) mass is 458 g/mol. The van der Waals surface area contributed by atoms with Gasteiger partial charge >= 0.3 is 0 Å². The third-order valence-corrected chi connectivity index (χ3v) is 7.43. The van der Waals surface area contributed by atoms with Crippen LogP contribution in [0.3, 0.4) is 0 Å². The standard InChI is InChI=1S/C24H32N2O3S.C2H6/c1-4-9-24(27,20-5-7-21(28-3)8-6-20)22-17-19-16-18(2)26(23(19)30-22)11-10-25-12-14-29-15-13-25;1-2/h5-8,16-17,27H,4,9-15H2,1-3H3;1-2H3. The number of aliphatic hydroxyl groups is 1. The summed E-state index contributed by atoms with van der Waals surface area (Å²) in [6, 6.07) is 12.2. The minimum atomic E-state index is -0.979. The first-order valence-electron chi connectivity index (χ1n) is 11.8. The number of hydrogen-bond donors (Lipinski definition) is 1. The third kappa shape index (κ3) is 5.20. The summed E-state index contributed by atoms with van der Waals surface area (Å²) < 4.78 is 13.2. The van der Waals surface area contributed by atoms with Crippen LogP contribution in [0.1, 0.15) is 49.7 Å². The third-order valence-electron chi connectivity index (χ3n) is 6.11. The van der Waals surface area contributed by atoms with Crippen molar-refractivity contribution in [3.05, 3.63) is 52.5 Å². The Morgan fingerprint density at radius 2 is 1.78 bits per heavy atom. The fourth-order valence-corrected chi connectivity index (χ4v) is 5.72. The number of nitrogens with zero attached hydrogens (tertiary/aromatic N) is 2. The van der Waals surface area contributed by atoms with Crippen LogP contribution < -0.4 is 4.74 Å². The van der Waals surface area contributed by atoms with Crippen LogP contribution in [0.15, 0.2) is 36.4 Å². The number of thiophene rings is 1. The fraction of sp³-hybridized carbons (Fsp3) is 0.538. The molecule has 0 aliphatic carbocycles. The van der Waals surface area contributed by atoms with E-state index in [1.165, 1.54) is 15.9 Å². The van der Waals surface area contributed by atoms with Gasteiger partial charge in [0.1, 0.15) is 16.2 Å². The molecule has 2 aromatic heterocycles. The van der Waals surface area contributed by atoms with Gasteiger partial charge in [0.05, 0.1) is 20.3 Å². The fourth-order valence-electron chi connectivity index (χ4n) is 4.36. The Morgan fingerprint density at radius 3 is 2.41 bits per heavy atom. The number of rotatable bonds is 8. The smallest absolute Gasteiger partial charge is 0.124 e. The van der Waals surface area contributed by atoms with E-state index >= 15 is 0 Å². The number of aromatic nitrogens is 1. The predicted octanol–water partition coefficient (Wildman–Crippen LogP) is 5.41. The van der Waals surface area contributed by atoms with Gasteiger partial charge in [-0.1, -0.05) is 39.3 Å². The lowest BCUT2D eigenvalue weighted by molar-refractivity contribution is 0.0365. The molecule has 0 radical (unpaired) electrons. The first-order chi connectivity index (χ1) is 15.5. The second-order valence-electron chi connectivity index (χ2n) is 8.10. The predicted molar refractivity (Wildman–Crippen MR) is 134 cm³/mol. The van der Waals surface area contributed by atoms with Crippen LogP contribution in [-0.4, -0.2) is 54.5 Å². The average Bonchev–Trinajstić information content (AvgIpc) is 3.37. The van der Waals surface area contributed by atoms with Crippen molar-refractivity contribution in [1.82, 2.24) is 9.47 Å². The molecule has 0 saturated carbocycles. The highest BCUT2D eigenvalue weighted by Gasteiger charge is 2.33. The van der Waals surface area contributed by atoms with Crippen molar-refractivity contribution in [3.63, 3.8) is 0 Å². The van der Waals surface area contributed by atoms with Crippen LogP contribution in [0.4, 0.5) is 0 Å². The molecular weight excluding hydrogens is 420 g/mol. The molecule has 1 aliphatic heterocycles. The highest BCUT2D eigenvalue weighted by Crippen LogP contribution is 2.42. The van der Waals surface area contributed by atoms with Gasteiger partial charge in [0.25, 0.3) is 0 Å². The SMILES string of the molecule is CC.CCCC(O)(c1ccc(OC)cc1)c1cc2cc(C)n(CCN3CCOCC3)c2s1. The van der Waals surface area contributed by atoms with Crippen molar-refractivity contribution in [2.24, 2.45) is 0 Å². The Morgan fingerprint density at radius 1 is 1.09 bits per heavy atom.